The van der Waals surface area contributed by atoms with E-state index < -0.39 is 60.2 Å². The highest BCUT2D eigenvalue weighted by Gasteiger charge is 2.31. The molecule has 4 unspecified atom stereocenters. The van der Waals surface area contributed by atoms with E-state index in [0.29, 0.717) is 30.5 Å². The van der Waals surface area contributed by atoms with Gasteiger partial charge in [0.1, 0.15) is 18.1 Å². The molecule has 43 heavy (non-hydrogen) atoms. The minimum absolute atomic E-state index is 0.00424. The molecule has 0 aliphatic rings. The van der Waals surface area contributed by atoms with Crippen LogP contribution in [-0.2, 0) is 36.8 Å². The molecule has 0 aliphatic carbocycles. The number of carboxylic acid groups (broad SMARTS) is 2. The summed E-state index contributed by atoms with van der Waals surface area (Å²) in [6.45, 7) is 0.356. The number of hydrogen-bond donors (Lipinski definition) is 8. The van der Waals surface area contributed by atoms with Crippen molar-refractivity contribution >= 4 is 40.6 Å². The number of carbonyl (C=O) groups is 5. The van der Waals surface area contributed by atoms with Crippen LogP contribution < -0.4 is 27.4 Å². The molecule has 1 aromatic heterocycles. The maximum absolute atomic E-state index is 13.6. The molecular formula is C30H38N6O7. The van der Waals surface area contributed by atoms with Crippen molar-refractivity contribution in [2.45, 2.75) is 62.7 Å². The Kier molecular flexibility index (Phi) is 12.2. The van der Waals surface area contributed by atoms with Gasteiger partial charge in [-0.25, -0.2) is 4.79 Å². The number of amides is 3. The number of para-hydroxylation sites is 1. The number of unbranched alkanes of at least 4 members (excludes halogenated alkanes) is 1. The van der Waals surface area contributed by atoms with E-state index in [2.05, 4.69) is 20.9 Å². The largest absolute Gasteiger partial charge is 0.481 e. The van der Waals surface area contributed by atoms with Crippen LogP contribution >= 0.6 is 0 Å². The normalized spacial score (nSPS) is 13.8. The van der Waals surface area contributed by atoms with Gasteiger partial charge in [0.25, 0.3) is 0 Å². The number of benzene rings is 2. The highest BCUT2D eigenvalue weighted by molar-refractivity contribution is 5.95. The maximum Gasteiger partial charge on any atom is 0.326 e. The molecule has 0 fully saturated rings. The standard InChI is InChI=1S/C30H38N6O7/c31-13-7-6-12-23(28(40)36-25(30(42)43)14-18-8-2-1-3-9-18)34-29(41)24(35-27(39)21(32)16-26(37)38)15-19-17-33-22-11-5-4-10-20(19)22/h1-5,8-11,17,21,23-25,33H,6-7,12-16,31-32H2,(H,34,41)(H,35,39)(H,36,40)(H,37,38)(H,42,43). The first-order valence-electron chi connectivity index (χ1n) is 14.0. The van der Waals surface area contributed by atoms with E-state index in [1.54, 1.807) is 36.5 Å². The Labute approximate surface area is 248 Å². The fourth-order valence-corrected chi connectivity index (χ4v) is 4.65. The van der Waals surface area contributed by atoms with Crippen LogP contribution in [-0.4, -0.2) is 75.6 Å². The predicted octanol–water partition coefficient (Wildman–Crippen LogP) is 0.423. The van der Waals surface area contributed by atoms with Gasteiger partial charge in [-0.15, -0.1) is 0 Å². The van der Waals surface area contributed by atoms with Gasteiger partial charge in [-0.3, -0.25) is 19.2 Å². The molecule has 10 N–H and O–H groups in total. The third-order valence-corrected chi connectivity index (χ3v) is 6.94. The Morgan fingerprint density at radius 3 is 2.07 bits per heavy atom. The van der Waals surface area contributed by atoms with Crippen molar-refractivity contribution in [3.05, 3.63) is 71.9 Å². The lowest BCUT2D eigenvalue weighted by atomic mass is 10.0. The summed E-state index contributed by atoms with van der Waals surface area (Å²) in [6, 6.07) is 11.1. The summed E-state index contributed by atoms with van der Waals surface area (Å²) in [6.07, 6.45) is 2.28. The molecule has 0 saturated heterocycles. The molecule has 0 spiro atoms. The quantitative estimate of drug-likeness (QED) is 0.101. The molecule has 2 aromatic carbocycles. The topological polar surface area (TPSA) is 230 Å². The van der Waals surface area contributed by atoms with E-state index in [1.807, 2.05) is 24.3 Å². The lowest BCUT2D eigenvalue weighted by Crippen LogP contribution is -2.58. The zero-order valence-electron chi connectivity index (χ0n) is 23.6. The van der Waals surface area contributed by atoms with E-state index in [0.717, 1.165) is 10.9 Å². The summed E-state index contributed by atoms with van der Waals surface area (Å²) in [5.41, 5.74) is 13.6. The van der Waals surface area contributed by atoms with Gasteiger partial charge in [-0.1, -0.05) is 48.5 Å². The molecular weight excluding hydrogens is 556 g/mol. The van der Waals surface area contributed by atoms with Gasteiger partial charge >= 0.3 is 11.9 Å². The molecule has 230 valence electrons. The SMILES string of the molecule is NCCCCC(NC(=O)C(Cc1c[nH]c2ccccc12)NC(=O)C(N)CC(=O)O)C(=O)NC(Cc1ccccc1)C(=O)O. The van der Waals surface area contributed by atoms with Gasteiger partial charge in [-0.2, -0.15) is 0 Å². The Bertz CT molecular complexity index is 1410. The van der Waals surface area contributed by atoms with Crippen molar-refractivity contribution < 1.29 is 34.2 Å². The number of H-pyrrole nitrogens is 1. The zero-order valence-corrected chi connectivity index (χ0v) is 23.6. The number of carbonyl (C=O) groups excluding carboxylic acids is 3. The minimum atomic E-state index is -1.41. The average molecular weight is 595 g/mol. The number of hydrogen-bond acceptors (Lipinski definition) is 7. The van der Waals surface area contributed by atoms with Crippen LogP contribution in [0.25, 0.3) is 10.9 Å². The summed E-state index contributed by atoms with van der Waals surface area (Å²) < 4.78 is 0. The third kappa shape index (κ3) is 9.94. The number of aromatic nitrogens is 1. The highest BCUT2D eigenvalue weighted by Crippen LogP contribution is 2.19. The van der Waals surface area contributed by atoms with Gasteiger partial charge in [0.2, 0.25) is 17.7 Å². The lowest BCUT2D eigenvalue weighted by molar-refractivity contribution is -0.142. The van der Waals surface area contributed by atoms with Crippen LogP contribution in [0.3, 0.4) is 0 Å². The number of nitrogens with one attached hydrogen (secondary N) is 4. The van der Waals surface area contributed by atoms with Gasteiger partial charge in [-0.05, 0) is 43.0 Å². The molecule has 3 rings (SSSR count). The number of aliphatic carboxylic acids is 2. The fraction of sp³-hybridized carbons (Fsp3) is 0.367. The molecule has 1 heterocycles. The van der Waals surface area contributed by atoms with Gasteiger partial charge in [0.15, 0.2) is 0 Å². The molecule has 3 aromatic rings. The monoisotopic (exact) mass is 594 g/mol. The Morgan fingerprint density at radius 1 is 0.767 bits per heavy atom. The predicted molar refractivity (Wildman–Crippen MR) is 159 cm³/mol. The second-order valence-electron chi connectivity index (χ2n) is 10.3. The summed E-state index contributed by atoms with van der Waals surface area (Å²) in [5.74, 6) is -4.78. The number of fused-ring (bicyclic) bond motifs is 1. The van der Waals surface area contributed by atoms with Crippen molar-refractivity contribution in [2.24, 2.45) is 11.5 Å². The van der Waals surface area contributed by atoms with Crippen molar-refractivity contribution in [1.82, 2.24) is 20.9 Å². The first kappa shape index (κ1) is 32.8. The van der Waals surface area contributed by atoms with Crippen LogP contribution in [0.4, 0.5) is 0 Å². The van der Waals surface area contributed by atoms with Crippen LogP contribution in [0.15, 0.2) is 60.8 Å². The molecule has 4 atom stereocenters. The van der Waals surface area contributed by atoms with Crippen LogP contribution in [0.5, 0.6) is 0 Å². The van der Waals surface area contributed by atoms with E-state index >= 15 is 0 Å². The minimum Gasteiger partial charge on any atom is -0.481 e. The Hall–Kier alpha value is -4.75. The maximum atomic E-state index is 13.6. The Balaban J connectivity index is 1.82. The number of rotatable bonds is 17. The Morgan fingerprint density at radius 2 is 1.40 bits per heavy atom. The zero-order chi connectivity index (χ0) is 31.4. The molecule has 13 heteroatoms. The van der Waals surface area contributed by atoms with Crippen molar-refractivity contribution in [3.8, 4) is 0 Å². The van der Waals surface area contributed by atoms with Crippen molar-refractivity contribution in [2.75, 3.05) is 6.54 Å². The highest BCUT2D eigenvalue weighted by atomic mass is 16.4. The van der Waals surface area contributed by atoms with E-state index in [9.17, 15) is 29.1 Å². The third-order valence-electron chi connectivity index (χ3n) is 6.94. The average Bonchev–Trinajstić information content (AvgIpc) is 3.38. The summed E-state index contributed by atoms with van der Waals surface area (Å²) >= 11 is 0. The first-order chi connectivity index (χ1) is 20.6. The summed E-state index contributed by atoms with van der Waals surface area (Å²) in [5, 5.41) is 27.3. The lowest BCUT2D eigenvalue weighted by Gasteiger charge is -2.25. The number of nitrogens with two attached hydrogens (primary N) is 2. The van der Waals surface area contributed by atoms with Crippen molar-refractivity contribution in [3.63, 3.8) is 0 Å². The first-order valence-corrected chi connectivity index (χ1v) is 14.0. The fourth-order valence-electron chi connectivity index (χ4n) is 4.65. The smallest absolute Gasteiger partial charge is 0.326 e. The van der Waals surface area contributed by atoms with Crippen LogP contribution in [0.2, 0.25) is 0 Å². The second-order valence-corrected chi connectivity index (χ2v) is 10.3. The second kappa shape index (κ2) is 16.0. The molecule has 0 bridgehead atoms. The van der Waals surface area contributed by atoms with Crippen molar-refractivity contribution in [1.29, 1.82) is 0 Å². The van der Waals surface area contributed by atoms with E-state index in [4.69, 9.17) is 16.6 Å². The molecule has 0 radical (unpaired) electrons. The van der Waals surface area contributed by atoms with E-state index in [1.165, 1.54) is 0 Å². The van der Waals surface area contributed by atoms with Gasteiger partial charge in [0.05, 0.1) is 12.5 Å². The molecule has 13 nitrogen and oxygen atoms in total. The number of carboxylic acids is 2. The van der Waals surface area contributed by atoms with Crippen LogP contribution in [0.1, 0.15) is 36.8 Å². The molecule has 3 amide bonds. The van der Waals surface area contributed by atoms with Gasteiger partial charge in [0, 0.05) is 29.9 Å². The van der Waals surface area contributed by atoms with Gasteiger partial charge < -0.3 is 42.6 Å². The molecule has 0 saturated carbocycles. The number of aromatic amines is 1. The summed E-state index contributed by atoms with van der Waals surface area (Å²) in [7, 11) is 0. The summed E-state index contributed by atoms with van der Waals surface area (Å²) in [4.78, 5) is 65.9. The van der Waals surface area contributed by atoms with Crippen LogP contribution in [0, 0.1) is 0 Å². The molecule has 0 aliphatic heterocycles. The van der Waals surface area contributed by atoms with E-state index in [-0.39, 0.29) is 19.3 Å².